The normalized spacial score (nSPS) is 9.95. The Bertz CT molecular complexity index is 719. The van der Waals surface area contributed by atoms with E-state index in [1.165, 1.54) is 13.2 Å². The van der Waals surface area contributed by atoms with Crippen molar-refractivity contribution in [2.75, 3.05) is 17.7 Å². The summed E-state index contributed by atoms with van der Waals surface area (Å²) >= 11 is 5.20. The number of aryl methyl sites for hydroxylation is 1. The van der Waals surface area contributed by atoms with Crippen molar-refractivity contribution in [3.05, 3.63) is 59.4 Å². The smallest absolute Gasteiger partial charge is 0.337 e. The van der Waals surface area contributed by atoms with Gasteiger partial charge in [-0.05, 0) is 61.1 Å². The average Bonchev–Trinajstić information content (AvgIpc) is 2.50. The lowest BCUT2D eigenvalue weighted by Gasteiger charge is -2.12. The first-order valence-corrected chi connectivity index (χ1v) is 6.93. The van der Waals surface area contributed by atoms with Gasteiger partial charge in [0.2, 0.25) is 0 Å². The number of hydrogen-bond acceptors (Lipinski definition) is 3. The van der Waals surface area contributed by atoms with Crippen molar-refractivity contribution < 1.29 is 13.9 Å². The lowest BCUT2D eigenvalue weighted by atomic mass is 10.2. The molecule has 0 aromatic heterocycles. The molecule has 0 bridgehead atoms. The van der Waals surface area contributed by atoms with Crippen LogP contribution in [0, 0.1) is 12.7 Å². The molecule has 0 fully saturated rings. The Labute approximate surface area is 133 Å². The van der Waals surface area contributed by atoms with Crippen LogP contribution in [0.4, 0.5) is 15.8 Å². The number of anilines is 2. The minimum Gasteiger partial charge on any atom is -0.465 e. The fourth-order valence-corrected chi connectivity index (χ4v) is 2.09. The van der Waals surface area contributed by atoms with Gasteiger partial charge in [0.15, 0.2) is 5.11 Å². The third-order valence-electron chi connectivity index (χ3n) is 2.96. The number of benzene rings is 2. The second-order valence-electron chi connectivity index (χ2n) is 4.62. The number of ether oxygens (including phenoxy) is 1. The first kappa shape index (κ1) is 15.9. The van der Waals surface area contributed by atoms with Gasteiger partial charge < -0.3 is 15.4 Å². The second kappa shape index (κ2) is 7.00. The minimum atomic E-state index is -0.420. The molecule has 0 saturated heterocycles. The van der Waals surface area contributed by atoms with Gasteiger partial charge in [0.05, 0.1) is 12.7 Å². The molecule has 0 aliphatic heterocycles. The summed E-state index contributed by atoms with van der Waals surface area (Å²) in [5.41, 5.74) is 2.29. The first-order chi connectivity index (χ1) is 10.5. The first-order valence-electron chi connectivity index (χ1n) is 6.52. The van der Waals surface area contributed by atoms with E-state index in [9.17, 15) is 9.18 Å². The van der Waals surface area contributed by atoms with Crippen LogP contribution in [-0.4, -0.2) is 18.2 Å². The third kappa shape index (κ3) is 4.02. The summed E-state index contributed by atoms with van der Waals surface area (Å²) in [5, 5.41) is 6.26. The van der Waals surface area contributed by atoms with Crippen LogP contribution in [0.5, 0.6) is 0 Å². The van der Waals surface area contributed by atoms with E-state index in [4.69, 9.17) is 12.2 Å². The van der Waals surface area contributed by atoms with Crippen molar-refractivity contribution in [3.63, 3.8) is 0 Å². The molecule has 6 heteroatoms. The standard InChI is InChI=1S/C16H15FN2O2S/c1-10-8-13(6-7-14(10)17)19-16(22)18-12-5-3-4-11(9-12)15(20)21-2/h3-9H,1-2H3,(H2,18,19,22). The molecule has 114 valence electrons. The summed E-state index contributed by atoms with van der Waals surface area (Å²) in [7, 11) is 1.32. The van der Waals surface area contributed by atoms with Gasteiger partial charge in [0, 0.05) is 11.4 Å². The molecule has 2 aromatic rings. The van der Waals surface area contributed by atoms with E-state index in [1.54, 1.807) is 43.3 Å². The summed E-state index contributed by atoms with van der Waals surface area (Å²) in [6.07, 6.45) is 0. The van der Waals surface area contributed by atoms with Crippen molar-refractivity contribution in [2.24, 2.45) is 0 Å². The Morgan fingerprint density at radius 1 is 1.14 bits per heavy atom. The summed E-state index contributed by atoms with van der Waals surface area (Å²) in [5.74, 6) is -0.688. The van der Waals surface area contributed by atoms with Crippen molar-refractivity contribution in [2.45, 2.75) is 6.92 Å². The Balaban J connectivity index is 2.05. The van der Waals surface area contributed by atoms with Crippen molar-refractivity contribution in [1.82, 2.24) is 0 Å². The molecule has 0 amide bonds. The molecule has 0 saturated carbocycles. The maximum absolute atomic E-state index is 13.2. The van der Waals surface area contributed by atoms with Crippen LogP contribution in [-0.2, 0) is 4.74 Å². The zero-order chi connectivity index (χ0) is 16.1. The van der Waals surface area contributed by atoms with Crippen LogP contribution in [0.25, 0.3) is 0 Å². The predicted octanol–water partition coefficient (Wildman–Crippen LogP) is 3.73. The summed E-state index contributed by atoms with van der Waals surface area (Å²) < 4.78 is 17.9. The van der Waals surface area contributed by atoms with E-state index in [1.807, 2.05) is 0 Å². The van der Waals surface area contributed by atoms with Crippen molar-refractivity contribution in [1.29, 1.82) is 0 Å². The van der Waals surface area contributed by atoms with E-state index in [-0.39, 0.29) is 5.82 Å². The predicted molar refractivity (Wildman–Crippen MR) is 88.8 cm³/mol. The monoisotopic (exact) mass is 318 g/mol. The molecule has 2 aromatic carbocycles. The molecule has 22 heavy (non-hydrogen) atoms. The number of nitrogens with one attached hydrogen (secondary N) is 2. The third-order valence-corrected chi connectivity index (χ3v) is 3.16. The maximum Gasteiger partial charge on any atom is 0.337 e. The summed E-state index contributed by atoms with van der Waals surface area (Å²) in [6.45, 7) is 1.68. The number of halogens is 1. The largest absolute Gasteiger partial charge is 0.465 e. The van der Waals surface area contributed by atoms with Crippen molar-refractivity contribution >= 4 is 34.7 Å². The Morgan fingerprint density at radius 3 is 2.45 bits per heavy atom. The molecule has 0 spiro atoms. The highest BCUT2D eigenvalue weighted by Crippen LogP contribution is 2.15. The Hall–Kier alpha value is -2.47. The van der Waals surface area contributed by atoms with E-state index >= 15 is 0 Å². The van der Waals surface area contributed by atoms with Crippen LogP contribution in [0.2, 0.25) is 0 Å². The number of thiocarbonyl (C=S) groups is 1. The molecule has 0 unspecified atom stereocenters. The molecule has 2 N–H and O–H groups in total. The highest BCUT2D eigenvalue weighted by molar-refractivity contribution is 7.80. The minimum absolute atomic E-state index is 0.268. The molecule has 0 radical (unpaired) electrons. The van der Waals surface area contributed by atoms with Crippen LogP contribution < -0.4 is 10.6 Å². The number of carbonyl (C=O) groups is 1. The van der Waals surface area contributed by atoms with Gasteiger partial charge in [-0.1, -0.05) is 6.07 Å². The fourth-order valence-electron chi connectivity index (χ4n) is 1.86. The molecule has 4 nitrogen and oxygen atoms in total. The van der Waals surface area contributed by atoms with Gasteiger partial charge in [0.25, 0.3) is 0 Å². The van der Waals surface area contributed by atoms with Crippen LogP contribution in [0.1, 0.15) is 15.9 Å². The zero-order valence-electron chi connectivity index (χ0n) is 12.1. The summed E-state index contributed by atoms with van der Waals surface area (Å²) in [4.78, 5) is 11.5. The van der Waals surface area contributed by atoms with Gasteiger partial charge in [-0.2, -0.15) is 0 Å². The average molecular weight is 318 g/mol. The van der Waals surface area contributed by atoms with Gasteiger partial charge in [0.1, 0.15) is 5.82 Å². The number of esters is 1. The SMILES string of the molecule is COC(=O)c1cccc(NC(=S)Nc2ccc(F)c(C)c2)c1. The number of hydrogen-bond donors (Lipinski definition) is 2. The topological polar surface area (TPSA) is 50.4 Å². The summed E-state index contributed by atoms with van der Waals surface area (Å²) in [6, 6.07) is 11.4. The Kier molecular flexibility index (Phi) is 5.06. The molecule has 0 heterocycles. The van der Waals surface area contributed by atoms with Gasteiger partial charge in [-0.3, -0.25) is 0 Å². The fraction of sp³-hybridized carbons (Fsp3) is 0.125. The molecule has 0 atom stereocenters. The molecule has 0 aliphatic rings. The van der Waals surface area contributed by atoms with Crippen LogP contribution in [0.15, 0.2) is 42.5 Å². The molecular formula is C16H15FN2O2S. The van der Waals surface area contributed by atoms with Gasteiger partial charge >= 0.3 is 5.97 Å². The quantitative estimate of drug-likeness (QED) is 0.667. The molecule has 0 aliphatic carbocycles. The van der Waals surface area contributed by atoms with Gasteiger partial charge in [-0.15, -0.1) is 0 Å². The van der Waals surface area contributed by atoms with Gasteiger partial charge in [-0.25, -0.2) is 9.18 Å². The Morgan fingerprint density at radius 2 is 1.82 bits per heavy atom. The zero-order valence-corrected chi connectivity index (χ0v) is 13.0. The van der Waals surface area contributed by atoms with Crippen LogP contribution >= 0.6 is 12.2 Å². The van der Waals surface area contributed by atoms with E-state index in [0.29, 0.717) is 27.6 Å². The highest BCUT2D eigenvalue weighted by Gasteiger charge is 2.07. The van der Waals surface area contributed by atoms with E-state index < -0.39 is 5.97 Å². The number of carbonyl (C=O) groups excluding carboxylic acids is 1. The number of rotatable bonds is 3. The van der Waals surface area contributed by atoms with E-state index in [0.717, 1.165) is 0 Å². The lowest BCUT2D eigenvalue weighted by molar-refractivity contribution is 0.0601. The molecule has 2 rings (SSSR count). The highest BCUT2D eigenvalue weighted by atomic mass is 32.1. The lowest BCUT2D eigenvalue weighted by Crippen LogP contribution is -2.19. The second-order valence-corrected chi connectivity index (χ2v) is 5.02. The van der Waals surface area contributed by atoms with Crippen molar-refractivity contribution in [3.8, 4) is 0 Å². The molecular weight excluding hydrogens is 303 g/mol. The maximum atomic E-state index is 13.2. The van der Waals surface area contributed by atoms with E-state index in [2.05, 4.69) is 15.4 Å². The number of methoxy groups -OCH3 is 1. The van der Waals surface area contributed by atoms with Crippen LogP contribution in [0.3, 0.4) is 0 Å².